The summed E-state index contributed by atoms with van der Waals surface area (Å²) in [7, 11) is -3.08. The third kappa shape index (κ3) is 4.97. The molecule has 0 spiro atoms. The topological polar surface area (TPSA) is 141 Å². The SMILES string of the molecule is CS(=O)(=O)CCNc1nonc1C(=N)NO.Cl. The smallest absolute Gasteiger partial charge is 0.202 e. The summed E-state index contributed by atoms with van der Waals surface area (Å²) in [4.78, 5) is 0. The molecule has 1 rings (SSSR count). The van der Waals surface area contributed by atoms with Crippen LogP contribution in [0.2, 0.25) is 0 Å². The molecule has 0 atom stereocenters. The van der Waals surface area contributed by atoms with E-state index in [9.17, 15) is 8.42 Å². The van der Waals surface area contributed by atoms with E-state index in [1.807, 2.05) is 0 Å². The average Bonchev–Trinajstić information content (AvgIpc) is 2.63. The zero-order chi connectivity index (χ0) is 12.2. The predicted octanol–water partition coefficient (Wildman–Crippen LogP) is -0.748. The number of hydrogen-bond donors (Lipinski definition) is 4. The van der Waals surface area contributed by atoms with Crippen LogP contribution >= 0.6 is 12.4 Å². The first kappa shape index (κ1) is 15.6. The molecule has 0 fully saturated rings. The molecule has 4 N–H and O–H groups in total. The molecule has 0 radical (unpaired) electrons. The maximum absolute atomic E-state index is 10.8. The Balaban J connectivity index is 0.00000256. The minimum Gasteiger partial charge on any atom is -0.364 e. The zero-order valence-electron chi connectivity index (χ0n) is 8.80. The lowest BCUT2D eigenvalue weighted by Gasteiger charge is -2.02. The fraction of sp³-hybridized carbons (Fsp3) is 0.500. The second-order valence-corrected chi connectivity index (χ2v) is 5.26. The van der Waals surface area contributed by atoms with Gasteiger partial charge in [0, 0.05) is 12.8 Å². The standard InChI is InChI=1S/C6H11N5O4S.ClH/c1-16(13,14)3-2-8-6-4(5(7)9-12)10-15-11-6;/h12H,2-3H2,1H3,(H2,7,9)(H,8,11);1H. The molecule has 0 amide bonds. The summed E-state index contributed by atoms with van der Waals surface area (Å²) in [6.07, 6.45) is 1.11. The molecule has 11 heteroatoms. The Morgan fingerprint density at radius 3 is 2.71 bits per heavy atom. The fourth-order valence-corrected chi connectivity index (χ4v) is 1.35. The van der Waals surface area contributed by atoms with E-state index in [0.29, 0.717) is 0 Å². The molecule has 98 valence electrons. The average molecular weight is 286 g/mol. The molecular weight excluding hydrogens is 274 g/mol. The second-order valence-electron chi connectivity index (χ2n) is 3.00. The van der Waals surface area contributed by atoms with Crippen molar-refractivity contribution in [1.82, 2.24) is 15.8 Å². The van der Waals surface area contributed by atoms with Crippen molar-refractivity contribution in [2.45, 2.75) is 0 Å². The van der Waals surface area contributed by atoms with Crippen molar-refractivity contribution in [3.63, 3.8) is 0 Å². The van der Waals surface area contributed by atoms with Gasteiger partial charge < -0.3 is 5.32 Å². The number of nitrogens with one attached hydrogen (secondary N) is 3. The van der Waals surface area contributed by atoms with E-state index in [1.165, 1.54) is 0 Å². The summed E-state index contributed by atoms with van der Waals surface area (Å²) >= 11 is 0. The van der Waals surface area contributed by atoms with Crippen LogP contribution in [0.1, 0.15) is 5.69 Å². The van der Waals surface area contributed by atoms with Crippen LogP contribution in [-0.2, 0) is 9.84 Å². The molecule has 0 saturated heterocycles. The first-order chi connectivity index (χ1) is 7.44. The van der Waals surface area contributed by atoms with Crippen molar-refractivity contribution < 1.29 is 18.3 Å². The fourth-order valence-electron chi connectivity index (χ4n) is 0.876. The van der Waals surface area contributed by atoms with Gasteiger partial charge in [-0.1, -0.05) is 0 Å². The van der Waals surface area contributed by atoms with Crippen LogP contribution in [0.3, 0.4) is 0 Å². The number of hydrogen-bond acceptors (Lipinski definition) is 8. The molecule has 0 saturated carbocycles. The number of hydroxylamine groups is 1. The maximum Gasteiger partial charge on any atom is 0.202 e. The summed E-state index contributed by atoms with van der Waals surface area (Å²) in [6.45, 7) is 0.110. The van der Waals surface area contributed by atoms with E-state index in [2.05, 4.69) is 20.3 Å². The van der Waals surface area contributed by atoms with E-state index in [1.54, 1.807) is 5.48 Å². The van der Waals surface area contributed by atoms with Gasteiger partial charge in [-0.2, -0.15) is 0 Å². The van der Waals surface area contributed by atoms with Gasteiger partial charge in [-0.25, -0.2) is 13.0 Å². The summed E-state index contributed by atoms with van der Waals surface area (Å²) in [6, 6.07) is 0. The normalized spacial score (nSPS) is 10.5. The Kier molecular flexibility index (Phi) is 5.85. The van der Waals surface area contributed by atoms with Crippen molar-refractivity contribution in [1.29, 1.82) is 5.41 Å². The lowest BCUT2D eigenvalue weighted by atomic mass is 10.4. The number of anilines is 1. The first-order valence-electron chi connectivity index (χ1n) is 4.17. The van der Waals surface area contributed by atoms with Gasteiger partial charge in [0.1, 0.15) is 9.84 Å². The molecule has 9 nitrogen and oxygen atoms in total. The van der Waals surface area contributed by atoms with Gasteiger partial charge in [0.2, 0.25) is 5.82 Å². The number of rotatable bonds is 5. The van der Waals surface area contributed by atoms with Gasteiger partial charge in [-0.05, 0) is 10.3 Å². The van der Waals surface area contributed by atoms with Crippen LogP contribution in [0.15, 0.2) is 4.63 Å². The highest BCUT2D eigenvalue weighted by molar-refractivity contribution is 7.90. The Labute approximate surface area is 103 Å². The number of nitrogens with zero attached hydrogens (tertiary/aromatic N) is 2. The number of halogens is 1. The lowest BCUT2D eigenvalue weighted by Crippen LogP contribution is -2.22. The first-order valence-corrected chi connectivity index (χ1v) is 6.23. The summed E-state index contributed by atoms with van der Waals surface area (Å²) in [5.41, 5.74) is 1.55. The molecule has 0 aromatic carbocycles. The third-order valence-corrected chi connectivity index (χ3v) is 2.55. The summed E-state index contributed by atoms with van der Waals surface area (Å²) < 4.78 is 26.0. The largest absolute Gasteiger partial charge is 0.364 e. The Bertz CT molecular complexity index is 473. The Morgan fingerprint density at radius 2 is 2.18 bits per heavy atom. The van der Waals surface area contributed by atoms with Crippen molar-refractivity contribution in [3.8, 4) is 0 Å². The minimum absolute atomic E-state index is 0. The maximum atomic E-state index is 10.8. The highest BCUT2D eigenvalue weighted by Crippen LogP contribution is 2.08. The summed E-state index contributed by atoms with van der Waals surface area (Å²) in [5, 5.41) is 25.1. The van der Waals surface area contributed by atoms with Crippen molar-refractivity contribution >= 4 is 33.9 Å². The van der Waals surface area contributed by atoms with Crippen LogP contribution in [0.5, 0.6) is 0 Å². The molecule has 0 unspecified atom stereocenters. The van der Waals surface area contributed by atoms with E-state index in [-0.39, 0.29) is 36.2 Å². The molecular formula is C6H12ClN5O4S. The highest BCUT2D eigenvalue weighted by Gasteiger charge is 2.14. The van der Waals surface area contributed by atoms with E-state index >= 15 is 0 Å². The van der Waals surface area contributed by atoms with Gasteiger partial charge in [-0.15, -0.1) is 12.4 Å². The highest BCUT2D eigenvalue weighted by atomic mass is 35.5. The van der Waals surface area contributed by atoms with Crippen LogP contribution in [-0.4, -0.2) is 48.3 Å². The van der Waals surface area contributed by atoms with Gasteiger partial charge in [0.25, 0.3) is 0 Å². The molecule has 0 aliphatic carbocycles. The van der Waals surface area contributed by atoms with Gasteiger partial charge in [0.15, 0.2) is 11.5 Å². The van der Waals surface area contributed by atoms with Crippen LogP contribution in [0.25, 0.3) is 0 Å². The van der Waals surface area contributed by atoms with Gasteiger partial charge >= 0.3 is 0 Å². The van der Waals surface area contributed by atoms with Crippen LogP contribution < -0.4 is 10.8 Å². The monoisotopic (exact) mass is 285 g/mol. The zero-order valence-corrected chi connectivity index (χ0v) is 10.4. The third-order valence-electron chi connectivity index (χ3n) is 1.60. The van der Waals surface area contributed by atoms with Gasteiger partial charge in [0.05, 0.1) is 5.75 Å². The van der Waals surface area contributed by atoms with Crippen LogP contribution in [0.4, 0.5) is 5.82 Å². The molecule has 0 aliphatic rings. The molecule has 17 heavy (non-hydrogen) atoms. The molecule has 0 bridgehead atoms. The van der Waals surface area contributed by atoms with E-state index in [0.717, 1.165) is 6.26 Å². The number of aromatic nitrogens is 2. The van der Waals surface area contributed by atoms with E-state index < -0.39 is 15.7 Å². The lowest BCUT2D eigenvalue weighted by molar-refractivity contribution is 0.233. The molecule has 0 aliphatic heterocycles. The van der Waals surface area contributed by atoms with Crippen molar-refractivity contribution in [2.75, 3.05) is 23.9 Å². The van der Waals surface area contributed by atoms with E-state index in [4.69, 9.17) is 10.6 Å². The second kappa shape index (κ2) is 6.37. The molecule has 1 heterocycles. The van der Waals surface area contributed by atoms with Crippen molar-refractivity contribution in [2.24, 2.45) is 0 Å². The molecule has 1 aromatic rings. The Morgan fingerprint density at radius 1 is 1.53 bits per heavy atom. The number of sulfone groups is 1. The summed E-state index contributed by atoms with van der Waals surface area (Å²) in [5.74, 6) is -0.391. The minimum atomic E-state index is -3.08. The Hall–Kier alpha value is -1.39. The quantitative estimate of drug-likeness (QED) is 0.315. The predicted molar refractivity (Wildman–Crippen MR) is 61.5 cm³/mol. The number of amidine groups is 1. The molecule has 1 aromatic heterocycles. The van der Waals surface area contributed by atoms with Crippen LogP contribution in [0, 0.1) is 5.41 Å². The van der Waals surface area contributed by atoms with Crippen molar-refractivity contribution in [3.05, 3.63) is 5.69 Å². The van der Waals surface area contributed by atoms with Gasteiger partial charge in [-0.3, -0.25) is 16.1 Å².